The second kappa shape index (κ2) is 6.72. The number of hydrogen-bond donors (Lipinski definition) is 1. The van der Waals surface area contributed by atoms with Gasteiger partial charge in [0.2, 0.25) is 5.43 Å². The van der Waals surface area contributed by atoms with Crippen LogP contribution in [0.4, 0.5) is 0 Å². The first-order chi connectivity index (χ1) is 12.5. The number of benzene rings is 2. The molecule has 132 valence electrons. The van der Waals surface area contributed by atoms with Crippen molar-refractivity contribution in [1.29, 1.82) is 0 Å². The number of rotatable bonds is 3. The van der Waals surface area contributed by atoms with E-state index in [2.05, 4.69) is 27.3 Å². The minimum absolute atomic E-state index is 0.192. The Kier molecular flexibility index (Phi) is 4.41. The van der Waals surface area contributed by atoms with E-state index in [9.17, 15) is 9.59 Å². The fourth-order valence-electron chi connectivity index (χ4n) is 3.65. The molecule has 0 spiro atoms. The number of hydrogen-bond acceptors (Lipinski definition) is 2. The van der Waals surface area contributed by atoms with Crippen LogP contribution >= 0.6 is 15.9 Å². The van der Waals surface area contributed by atoms with Crippen LogP contribution in [0.5, 0.6) is 0 Å². The second-order valence-electron chi connectivity index (χ2n) is 6.73. The zero-order chi connectivity index (χ0) is 18.3. The van der Waals surface area contributed by atoms with Gasteiger partial charge in [-0.25, -0.2) is 0 Å². The van der Waals surface area contributed by atoms with Crippen LogP contribution in [0.25, 0.3) is 10.9 Å². The maximum absolute atomic E-state index is 12.9. The number of nitrogens with zero attached hydrogens (tertiary/aromatic N) is 1. The molecule has 2 aromatic carbocycles. The molecule has 0 saturated heterocycles. The summed E-state index contributed by atoms with van der Waals surface area (Å²) in [6.07, 6.45) is 3.71. The third-order valence-corrected chi connectivity index (χ3v) is 5.46. The van der Waals surface area contributed by atoms with Crippen LogP contribution in [-0.2, 0) is 13.0 Å². The van der Waals surface area contributed by atoms with Gasteiger partial charge in [0.15, 0.2) is 0 Å². The lowest BCUT2D eigenvalue weighted by atomic mass is 9.99. The van der Waals surface area contributed by atoms with E-state index in [1.165, 1.54) is 5.56 Å². The molecule has 0 bridgehead atoms. The van der Waals surface area contributed by atoms with Crippen LogP contribution in [-0.4, -0.2) is 10.5 Å². The van der Waals surface area contributed by atoms with Gasteiger partial charge in [-0.1, -0.05) is 40.2 Å². The smallest absolute Gasteiger partial charge is 0.257 e. The van der Waals surface area contributed by atoms with Crippen molar-refractivity contribution in [2.75, 3.05) is 0 Å². The molecule has 1 aromatic heterocycles. The molecular weight excluding hydrogens is 392 g/mol. The summed E-state index contributed by atoms with van der Waals surface area (Å²) in [6, 6.07) is 13.4. The first-order valence-electron chi connectivity index (χ1n) is 8.76. The van der Waals surface area contributed by atoms with Crippen LogP contribution in [0.3, 0.4) is 0 Å². The third-order valence-electron chi connectivity index (χ3n) is 4.97. The van der Waals surface area contributed by atoms with E-state index in [1.54, 1.807) is 6.20 Å². The molecule has 4 rings (SSSR count). The fourth-order valence-corrected chi connectivity index (χ4v) is 4.07. The Morgan fingerprint density at radius 3 is 2.85 bits per heavy atom. The van der Waals surface area contributed by atoms with Gasteiger partial charge in [-0.05, 0) is 49.1 Å². The Balaban J connectivity index is 1.72. The summed E-state index contributed by atoms with van der Waals surface area (Å²) in [4.78, 5) is 25.7. The highest BCUT2D eigenvalue weighted by Gasteiger charge is 2.20. The highest BCUT2D eigenvalue weighted by Crippen LogP contribution is 2.24. The standard InChI is InChI=1S/C21H19BrN2O2/c1-13(15-6-2-8-16(22)11-15)23-21(26)18-12-24-10-4-7-14-5-3-9-17(19(14)24)20(18)25/h2-3,5-6,8-9,11-13H,4,7,10H2,1H3,(H,23,26). The van der Waals surface area contributed by atoms with Gasteiger partial charge in [0.05, 0.1) is 11.6 Å². The van der Waals surface area contributed by atoms with Crippen molar-refractivity contribution < 1.29 is 4.79 Å². The molecule has 1 amide bonds. The van der Waals surface area contributed by atoms with E-state index in [0.717, 1.165) is 34.9 Å². The average Bonchev–Trinajstić information content (AvgIpc) is 2.64. The number of carbonyl (C=O) groups excluding carboxylic acids is 1. The predicted octanol–water partition coefficient (Wildman–Crippen LogP) is 4.20. The van der Waals surface area contributed by atoms with Crippen LogP contribution in [0.2, 0.25) is 0 Å². The average molecular weight is 411 g/mol. The molecule has 2 heterocycles. The lowest BCUT2D eigenvalue weighted by molar-refractivity contribution is 0.0938. The molecule has 26 heavy (non-hydrogen) atoms. The molecule has 0 saturated carbocycles. The lowest BCUT2D eigenvalue weighted by Gasteiger charge is -2.21. The van der Waals surface area contributed by atoms with Gasteiger partial charge >= 0.3 is 0 Å². The number of aromatic nitrogens is 1. The molecular formula is C21H19BrN2O2. The Hall–Kier alpha value is -2.40. The molecule has 1 unspecified atom stereocenters. The maximum atomic E-state index is 12.9. The molecule has 4 nitrogen and oxygen atoms in total. The third kappa shape index (κ3) is 2.97. The van der Waals surface area contributed by atoms with Crippen molar-refractivity contribution >= 4 is 32.7 Å². The number of para-hydroxylation sites is 1. The second-order valence-corrected chi connectivity index (χ2v) is 7.65. The minimum atomic E-state index is -0.330. The van der Waals surface area contributed by atoms with Crippen molar-refractivity contribution in [3.63, 3.8) is 0 Å². The van der Waals surface area contributed by atoms with Gasteiger partial charge in [-0.3, -0.25) is 9.59 Å². The van der Waals surface area contributed by atoms with Gasteiger partial charge in [0, 0.05) is 22.6 Å². The van der Waals surface area contributed by atoms with E-state index < -0.39 is 0 Å². The predicted molar refractivity (Wildman–Crippen MR) is 107 cm³/mol. The molecule has 1 aliphatic rings. The molecule has 5 heteroatoms. The maximum Gasteiger partial charge on any atom is 0.257 e. The normalized spacial score (nSPS) is 14.2. The van der Waals surface area contributed by atoms with Crippen molar-refractivity contribution in [2.24, 2.45) is 0 Å². The summed E-state index contributed by atoms with van der Waals surface area (Å²) in [6.45, 7) is 2.75. The Morgan fingerprint density at radius 2 is 2.04 bits per heavy atom. The first kappa shape index (κ1) is 17.0. The van der Waals surface area contributed by atoms with Crippen LogP contribution in [0, 0.1) is 0 Å². The molecule has 0 fully saturated rings. The van der Waals surface area contributed by atoms with Crippen molar-refractivity contribution in [3.05, 3.63) is 80.0 Å². The molecule has 1 aliphatic heterocycles. The van der Waals surface area contributed by atoms with Crippen molar-refractivity contribution in [1.82, 2.24) is 9.88 Å². The fraction of sp³-hybridized carbons (Fsp3) is 0.238. The highest BCUT2D eigenvalue weighted by molar-refractivity contribution is 9.10. The van der Waals surface area contributed by atoms with Gasteiger partial charge < -0.3 is 9.88 Å². The quantitative estimate of drug-likeness (QED) is 0.703. The Labute approximate surface area is 160 Å². The van der Waals surface area contributed by atoms with Gasteiger partial charge in [0.25, 0.3) is 5.91 Å². The molecule has 0 aliphatic carbocycles. The Bertz CT molecular complexity index is 1070. The molecule has 3 aromatic rings. The van der Waals surface area contributed by atoms with Crippen LogP contribution in [0.15, 0.2) is 57.9 Å². The number of pyridine rings is 1. The number of carbonyl (C=O) groups is 1. The van der Waals surface area contributed by atoms with E-state index in [1.807, 2.05) is 47.9 Å². The summed E-state index contributed by atoms with van der Waals surface area (Å²) in [5.74, 6) is -0.330. The largest absolute Gasteiger partial charge is 0.346 e. The lowest BCUT2D eigenvalue weighted by Crippen LogP contribution is -2.32. The van der Waals surface area contributed by atoms with Gasteiger partial charge in [0.1, 0.15) is 5.56 Å². The number of halogens is 1. The SMILES string of the molecule is CC(NC(=O)c1cn2c3c(cccc3c1=O)CCC2)c1cccc(Br)c1. The van der Waals surface area contributed by atoms with E-state index >= 15 is 0 Å². The van der Waals surface area contributed by atoms with E-state index in [4.69, 9.17) is 0 Å². The van der Waals surface area contributed by atoms with Crippen molar-refractivity contribution in [3.8, 4) is 0 Å². The summed E-state index contributed by atoms with van der Waals surface area (Å²) >= 11 is 3.45. The van der Waals surface area contributed by atoms with Crippen LogP contribution in [0.1, 0.15) is 40.9 Å². The number of amides is 1. The highest BCUT2D eigenvalue weighted by atomic mass is 79.9. The molecule has 1 atom stereocenters. The van der Waals surface area contributed by atoms with E-state index in [0.29, 0.717) is 5.39 Å². The van der Waals surface area contributed by atoms with Gasteiger partial charge in [-0.15, -0.1) is 0 Å². The zero-order valence-corrected chi connectivity index (χ0v) is 16.0. The minimum Gasteiger partial charge on any atom is -0.346 e. The van der Waals surface area contributed by atoms with E-state index in [-0.39, 0.29) is 22.9 Å². The summed E-state index contributed by atoms with van der Waals surface area (Å²) < 4.78 is 3.01. The monoisotopic (exact) mass is 410 g/mol. The Morgan fingerprint density at radius 1 is 1.23 bits per heavy atom. The number of nitrogens with one attached hydrogen (secondary N) is 1. The summed E-state index contributed by atoms with van der Waals surface area (Å²) in [5, 5.41) is 3.59. The topological polar surface area (TPSA) is 51.1 Å². The summed E-state index contributed by atoms with van der Waals surface area (Å²) in [5.41, 5.74) is 3.15. The summed E-state index contributed by atoms with van der Waals surface area (Å²) in [7, 11) is 0. The van der Waals surface area contributed by atoms with Gasteiger partial charge in [-0.2, -0.15) is 0 Å². The molecule has 0 radical (unpaired) electrons. The van der Waals surface area contributed by atoms with Crippen LogP contribution < -0.4 is 10.7 Å². The number of aryl methyl sites for hydroxylation is 2. The van der Waals surface area contributed by atoms with Crippen molar-refractivity contribution in [2.45, 2.75) is 32.4 Å². The zero-order valence-electron chi connectivity index (χ0n) is 14.5. The first-order valence-corrected chi connectivity index (χ1v) is 9.55. The molecule has 1 N–H and O–H groups in total.